The van der Waals surface area contributed by atoms with Crippen LogP contribution in [0.15, 0.2) is 52.4 Å². The van der Waals surface area contributed by atoms with Gasteiger partial charge in [-0.15, -0.1) is 0 Å². The van der Waals surface area contributed by atoms with Gasteiger partial charge in [-0.3, -0.25) is 14.2 Å². The summed E-state index contributed by atoms with van der Waals surface area (Å²) in [7, 11) is 0. The standard InChI is InChI=1S/C20H20ClN3O2S/c1-4-24-19(26)14-8-5-6-10-17(14)23-20(24)27-13(3)18(25)22-16-11-7-9-15(21)12(16)2/h5-11,13H,4H2,1-3H3,(H,22,25). The molecule has 1 heterocycles. The minimum atomic E-state index is -0.436. The van der Waals surface area contributed by atoms with E-state index in [1.807, 2.05) is 32.0 Å². The third kappa shape index (κ3) is 4.01. The smallest absolute Gasteiger partial charge is 0.262 e. The van der Waals surface area contributed by atoms with Crippen molar-refractivity contribution in [3.05, 3.63) is 63.4 Å². The van der Waals surface area contributed by atoms with E-state index in [1.54, 1.807) is 35.8 Å². The number of carbonyl (C=O) groups is 1. The van der Waals surface area contributed by atoms with Gasteiger partial charge in [-0.1, -0.05) is 41.6 Å². The first-order chi connectivity index (χ1) is 12.9. The number of benzene rings is 2. The molecule has 0 aliphatic heterocycles. The first-order valence-corrected chi connectivity index (χ1v) is 9.90. The molecule has 0 saturated heterocycles. The van der Waals surface area contributed by atoms with Crippen LogP contribution in [0.25, 0.3) is 10.9 Å². The Labute approximate surface area is 166 Å². The molecular weight excluding hydrogens is 382 g/mol. The number of fused-ring (bicyclic) bond motifs is 1. The van der Waals surface area contributed by atoms with Gasteiger partial charge in [0, 0.05) is 17.3 Å². The molecule has 0 radical (unpaired) electrons. The number of rotatable bonds is 5. The molecule has 0 bridgehead atoms. The van der Waals surface area contributed by atoms with Crippen LogP contribution in [0.1, 0.15) is 19.4 Å². The Morgan fingerprint density at radius 2 is 2.00 bits per heavy atom. The van der Waals surface area contributed by atoms with Gasteiger partial charge >= 0.3 is 0 Å². The maximum atomic E-state index is 12.7. The number of hydrogen-bond donors (Lipinski definition) is 1. The number of para-hydroxylation sites is 1. The van der Waals surface area contributed by atoms with Crippen molar-refractivity contribution in [1.29, 1.82) is 0 Å². The van der Waals surface area contributed by atoms with Crippen molar-refractivity contribution in [2.24, 2.45) is 0 Å². The van der Waals surface area contributed by atoms with Gasteiger partial charge < -0.3 is 5.32 Å². The lowest BCUT2D eigenvalue weighted by Crippen LogP contribution is -2.26. The SMILES string of the molecule is CCn1c(SC(C)C(=O)Nc2cccc(Cl)c2C)nc2ccccc2c1=O. The lowest BCUT2D eigenvalue weighted by molar-refractivity contribution is -0.115. The van der Waals surface area contributed by atoms with Crippen molar-refractivity contribution in [2.75, 3.05) is 5.32 Å². The minimum Gasteiger partial charge on any atom is -0.325 e. The van der Waals surface area contributed by atoms with Crippen LogP contribution in [0.5, 0.6) is 0 Å². The quantitative estimate of drug-likeness (QED) is 0.505. The van der Waals surface area contributed by atoms with E-state index in [0.29, 0.717) is 33.3 Å². The molecule has 0 aliphatic carbocycles. The fourth-order valence-corrected chi connectivity index (χ4v) is 3.85. The number of thioether (sulfide) groups is 1. The highest BCUT2D eigenvalue weighted by atomic mass is 35.5. The van der Waals surface area contributed by atoms with E-state index in [4.69, 9.17) is 11.6 Å². The van der Waals surface area contributed by atoms with Crippen molar-refractivity contribution in [3.8, 4) is 0 Å². The molecule has 3 aromatic rings. The van der Waals surface area contributed by atoms with Crippen LogP contribution < -0.4 is 10.9 Å². The molecule has 7 heteroatoms. The second-order valence-corrected chi connectivity index (χ2v) is 7.84. The predicted molar refractivity (Wildman–Crippen MR) is 112 cm³/mol. The first kappa shape index (κ1) is 19.5. The van der Waals surface area contributed by atoms with Gasteiger partial charge in [0.1, 0.15) is 0 Å². The van der Waals surface area contributed by atoms with E-state index < -0.39 is 5.25 Å². The lowest BCUT2D eigenvalue weighted by atomic mass is 10.2. The van der Waals surface area contributed by atoms with E-state index in [1.165, 1.54) is 11.8 Å². The molecule has 1 atom stereocenters. The Morgan fingerprint density at radius 1 is 1.26 bits per heavy atom. The lowest BCUT2D eigenvalue weighted by Gasteiger charge is -2.16. The molecular formula is C20H20ClN3O2S. The normalized spacial score (nSPS) is 12.1. The molecule has 2 aromatic carbocycles. The maximum absolute atomic E-state index is 12.7. The zero-order valence-corrected chi connectivity index (χ0v) is 16.9. The first-order valence-electron chi connectivity index (χ1n) is 8.64. The van der Waals surface area contributed by atoms with Crippen molar-refractivity contribution >= 4 is 45.9 Å². The van der Waals surface area contributed by atoms with Gasteiger partial charge in [0.2, 0.25) is 5.91 Å². The van der Waals surface area contributed by atoms with Crippen molar-refractivity contribution in [1.82, 2.24) is 9.55 Å². The van der Waals surface area contributed by atoms with Crippen molar-refractivity contribution < 1.29 is 4.79 Å². The maximum Gasteiger partial charge on any atom is 0.262 e. The van der Waals surface area contributed by atoms with Crippen molar-refractivity contribution in [3.63, 3.8) is 0 Å². The average molecular weight is 402 g/mol. The number of anilines is 1. The Kier molecular flexibility index (Phi) is 5.87. The number of hydrogen-bond acceptors (Lipinski definition) is 4. The molecule has 0 spiro atoms. The summed E-state index contributed by atoms with van der Waals surface area (Å²) in [5.74, 6) is -0.171. The summed E-state index contributed by atoms with van der Waals surface area (Å²) in [5.41, 5.74) is 2.04. The molecule has 0 fully saturated rings. The third-order valence-electron chi connectivity index (χ3n) is 4.32. The highest BCUT2D eigenvalue weighted by molar-refractivity contribution is 8.00. The van der Waals surface area contributed by atoms with E-state index in [-0.39, 0.29) is 11.5 Å². The van der Waals surface area contributed by atoms with Crippen LogP contribution in [-0.2, 0) is 11.3 Å². The average Bonchev–Trinajstić information content (AvgIpc) is 2.65. The number of nitrogens with zero attached hydrogens (tertiary/aromatic N) is 2. The minimum absolute atomic E-state index is 0.0936. The van der Waals surface area contributed by atoms with Crippen molar-refractivity contribution in [2.45, 2.75) is 37.7 Å². The molecule has 0 aliphatic rings. The summed E-state index contributed by atoms with van der Waals surface area (Å²) < 4.78 is 1.60. The Balaban J connectivity index is 1.87. The molecule has 140 valence electrons. The van der Waals surface area contributed by atoms with E-state index in [2.05, 4.69) is 10.3 Å². The topological polar surface area (TPSA) is 64.0 Å². The summed E-state index contributed by atoms with van der Waals surface area (Å²) >= 11 is 7.38. The monoisotopic (exact) mass is 401 g/mol. The van der Waals surface area contributed by atoms with Gasteiger partial charge in [0.05, 0.1) is 16.2 Å². The van der Waals surface area contributed by atoms with Crippen LogP contribution in [-0.4, -0.2) is 20.7 Å². The van der Waals surface area contributed by atoms with Gasteiger partial charge in [-0.05, 0) is 50.6 Å². The molecule has 27 heavy (non-hydrogen) atoms. The van der Waals surface area contributed by atoms with Gasteiger partial charge in [-0.2, -0.15) is 0 Å². The number of carbonyl (C=O) groups excluding carboxylic acids is 1. The fraction of sp³-hybridized carbons (Fsp3) is 0.250. The Morgan fingerprint density at radius 3 is 2.74 bits per heavy atom. The summed E-state index contributed by atoms with van der Waals surface area (Å²) in [6.07, 6.45) is 0. The van der Waals surface area contributed by atoms with E-state index >= 15 is 0 Å². The molecule has 0 saturated carbocycles. The van der Waals surface area contributed by atoms with Crippen LogP contribution in [0.3, 0.4) is 0 Å². The number of amides is 1. The third-order valence-corrected chi connectivity index (χ3v) is 5.82. The molecule has 1 unspecified atom stereocenters. The largest absolute Gasteiger partial charge is 0.325 e. The number of nitrogens with one attached hydrogen (secondary N) is 1. The zero-order chi connectivity index (χ0) is 19.6. The van der Waals surface area contributed by atoms with Crippen LogP contribution >= 0.6 is 23.4 Å². The summed E-state index contributed by atoms with van der Waals surface area (Å²) in [6.45, 7) is 6.03. The number of halogens is 1. The van der Waals surface area contributed by atoms with Crippen LogP contribution in [0.4, 0.5) is 5.69 Å². The number of aromatic nitrogens is 2. The second-order valence-electron chi connectivity index (χ2n) is 6.12. The summed E-state index contributed by atoms with van der Waals surface area (Å²) in [4.78, 5) is 29.9. The predicted octanol–water partition coefficient (Wildman–Crippen LogP) is 4.50. The van der Waals surface area contributed by atoms with Crippen LogP contribution in [0, 0.1) is 6.92 Å². The fourth-order valence-electron chi connectivity index (χ4n) is 2.71. The molecule has 5 nitrogen and oxygen atoms in total. The molecule has 3 rings (SSSR count). The highest BCUT2D eigenvalue weighted by Crippen LogP contribution is 2.26. The summed E-state index contributed by atoms with van der Waals surface area (Å²) in [6, 6.07) is 12.6. The molecule has 1 amide bonds. The van der Waals surface area contributed by atoms with Gasteiger partial charge in [-0.25, -0.2) is 4.98 Å². The molecule has 1 N–H and O–H groups in total. The van der Waals surface area contributed by atoms with Gasteiger partial charge in [0.15, 0.2) is 5.16 Å². The highest BCUT2D eigenvalue weighted by Gasteiger charge is 2.19. The zero-order valence-electron chi connectivity index (χ0n) is 15.3. The van der Waals surface area contributed by atoms with E-state index in [0.717, 1.165) is 5.56 Å². The Bertz CT molecular complexity index is 1060. The molecule has 1 aromatic heterocycles. The summed E-state index contributed by atoms with van der Waals surface area (Å²) in [5, 5.41) is 4.18. The van der Waals surface area contributed by atoms with E-state index in [9.17, 15) is 9.59 Å². The Hall–Kier alpha value is -2.31. The van der Waals surface area contributed by atoms with Crippen LogP contribution in [0.2, 0.25) is 5.02 Å². The van der Waals surface area contributed by atoms with Gasteiger partial charge in [0.25, 0.3) is 5.56 Å². The second kappa shape index (κ2) is 8.15.